The van der Waals surface area contributed by atoms with Crippen LogP contribution in [0.25, 0.3) is 22.0 Å². The van der Waals surface area contributed by atoms with Crippen LogP contribution < -0.4 is 0 Å². The summed E-state index contributed by atoms with van der Waals surface area (Å²) in [4.78, 5) is 47.9. The number of hydrogen-bond acceptors (Lipinski definition) is 5. The van der Waals surface area contributed by atoms with Crippen molar-refractivity contribution in [2.75, 3.05) is 32.7 Å². The van der Waals surface area contributed by atoms with E-state index in [0.717, 1.165) is 51.8 Å². The van der Waals surface area contributed by atoms with Crippen LogP contribution in [0.4, 0.5) is 13.2 Å². The standard InChI is InChI=1S/C32H33F3N6O3/c1-38-26-9-8-24(16-25(26)17-36-38)21-2-4-22(5-3-21)27-37-31(11-14-39(15-12-31)30(44)32(33,34)35)29(43)41(27)19-20-10-13-40(18-20)28(42)23-6-7-23/h2-5,8-9,16-17,20,23H,6-7,10-15,18-19H2,1H3/t20-/m1/s1. The van der Waals surface area contributed by atoms with E-state index in [1.54, 1.807) is 4.90 Å². The average molecular weight is 607 g/mol. The van der Waals surface area contributed by atoms with Gasteiger partial charge in [0.15, 0.2) is 0 Å². The Balaban J connectivity index is 1.15. The highest BCUT2D eigenvalue weighted by molar-refractivity contribution is 6.15. The Hall–Kier alpha value is -4.22. The molecule has 2 saturated heterocycles. The molecule has 44 heavy (non-hydrogen) atoms. The van der Waals surface area contributed by atoms with Crippen molar-refractivity contribution in [3.63, 3.8) is 0 Å². The van der Waals surface area contributed by atoms with Gasteiger partial charge in [-0.3, -0.25) is 29.0 Å². The number of hydrogen-bond donors (Lipinski definition) is 0. The minimum absolute atomic E-state index is 0.0216. The third-order valence-electron chi connectivity index (χ3n) is 9.53. The summed E-state index contributed by atoms with van der Waals surface area (Å²) in [6.07, 6.45) is -0.457. The maximum absolute atomic E-state index is 14.1. The zero-order valence-corrected chi connectivity index (χ0v) is 24.4. The molecule has 4 heterocycles. The van der Waals surface area contributed by atoms with E-state index in [4.69, 9.17) is 4.99 Å². The molecule has 1 aromatic heterocycles. The fraction of sp³-hybridized carbons (Fsp3) is 0.469. The van der Waals surface area contributed by atoms with Gasteiger partial charge < -0.3 is 9.80 Å². The lowest BCUT2D eigenvalue weighted by Crippen LogP contribution is -2.54. The zero-order valence-electron chi connectivity index (χ0n) is 24.4. The van der Waals surface area contributed by atoms with E-state index >= 15 is 0 Å². The summed E-state index contributed by atoms with van der Waals surface area (Å²) in [5.74, 6) is -1.25. The van der Waals surface area contributed by atoms with Gasteiger partial charge >= 0.3 is 12.1 Å². The Kier molecular flexibility index (Phi) is 6.78. The summed E-state index contributed by atoms with van der Waals surface area (Å²) in [5, 5.41) is 5.33. The molecule has 0 bridgehead atoms. The van der Waals surface area contributed by atoms with E-state index in [2.05, 4.69) is 11.2 Å². The predicted molar refractivity (Wildman–Crippen MR) is 156 cm³/mol. The highest BCUT2D eigenvalue weighted by Crippen LogP contribution is 2.38. The SMILES string of the molecule is Cn1ncc2cc(-c3ccc(C4=NC5(CCN(C(=O)C(F)(F)F)CC5)C(=O)N4C[C@@H]4CCN(C(=O)C5CC5)C4)cc3)ccc21. The number of benzene rings is 2. The molecule has 1 aliphatic carbocycles. The van der Waals surface area contributed by atoms with Crippen LogP contribution in [0, 0.1) is 11.8 Å². The first-order valence-electron chi connectivity index (χ1n) is 15.1. The van der Waals surface area contributed by atoms with Crippen LogP contribution in [0.1, 0.15) is 37.7 Å². The molecule has 230 valence electrons. The van der Waals surface area contributed by atoms with Gasteiger partial charge in [-0.2, -0.15) is 18.3 Å². The average Bonchev–Trinajstić information content (AvgIpc) is 3.58. The number of piperidine rings is 1. The molecule has 4 aliphatic rings. The Bertz CT molecular complexity index is 1670. The Morgan fingerprint density at radius 2 is 1.61 bits per heavy atom. The van der Waals surface area contributed by atoms with E-state index in [-0.39, 0.29) is 49.6 Å². The Morgan fingerprint density at radius 3 is 2.30 bits per heavy atom. The van der Waals surface area contributed by atoms with Crippen molar-refractivity contribution in [2.45, 2.75) is 43.8 Å². The predicted octanol–water partition coefficient (Wildman–Crippen LogP) is 4.01. The Labute approximate surface area is 252 Å². The molecular weight excluding hydrogens is 573 g/mol. The largest absolute Gasteiger partial charge is 0.471 e. The van der Waals surface area contributed by atoms with Gasteiger partial charge in [0.05, 0.1) is 11.7 Å². The van der Waals surface area contributed by atoms with Crippen LogP contribution >= 0.6 is 0 Å². The van der Waals surface area contributed by atoms with Gasteiger partial charge in [0.1, 0.15) is 11.4 Å². The van der Waals surface area contributed by atoms with Gasteiger partial charge in [-0.25, -0.2) is 0 Å². The number of amides is 3. The number of nitrogens with zero attached hydrogens (tertiary/aromatic N) is 6. The molecule has 1 atom stereocenters. The Morgan fingerprint density at radius 1 is 0.932 bits per heavy atom. The molecule has 0 N–H and O–H groups in total. The summed E-state index contributed by atoms with van der Waals surface area (Å²) >= 11 is 0. The molecule has 3 aliphatic heterocycles. The van der Waals surface area contributed by atoms with E-state index < -0.39 is 17.6 Å². The zero-order chi connectivity index (χ0) is 30.8. The number of aromatic nitrogens is 2. The number of aryl methyl sites for hydroxylation is 1. The number of amidine groups is 1. The van der Waals surface area contributed by atoms with Gasteiger partial charge in [-0.05, 0) is 61.3 Å². The molecule has 1 spiro atoms. The molecule has 9 nitrogen and oxygen atoms in total. The molecule has 3 amide bonds. The molecule has 2 aromatic carbocycles. The number of carbonyl (C=O) groups excluding carboxylic acids is 3. The smallest absolute Gasteiger partial charge is 0.342 e. The van der Waals surface area contributed by atoms with Crippen molar-refractivity contribution in [1.82, 2.24) is 24.5 Å². The van der Waals surface area contributed by atoms with Crippen LogP contribution in [0.5, 0.6) is 0 Å². The van der Waals surface area contributed by atoms with Crippen molar-refractivity contribution in [2.24, 2.45) is 23.9 Å². The normalized spacial score (nSPS) is 21.9. The van der Waals surface area contributed by atoms with E-state index in [1.807, 2.05) is 59.2 Å². The van der Waals surface area contributed by atoms with Crippen molar-refractivity contribution in [3.05, 3.63) is 54.2 Å². The highest BCUT2D eigenvalue weighted by atomic mass is 19.4. The molecule has 12 heteroatoms. The third kappa shape index (κ3) is 5.03. The van der Waals surface area contributed by atoms with Crippen LogP contribution in [-0.4, -0.2) is 92.5 Å². The second kappa shape index (κ2) is 10.4. The van der Waals surface area contributed by atoms with Crippen LogP contribution in [0.15, 0.2) is 53.7 Å². The van der Waals surface area contributed by atoms with Crippen molar-refractivity contribution < 1.29 is 27.6 Å². The number of halogens is 3. The summed E-state index contributed by atoms with van der Waals surface area (Å²) < 4.78 is 41.1. The number of alkyl halides is 3. The van der Waals surface area contributed by atoms with Crippen LogP contribution in [0.2, 0.25) is 0 Å². The van der Waals surface area contributed by atoms with Crippen molar-refractivity contribution >= 4 is 34.5 Å². The van der Waals surface area contributed by atoms with Crippen molar-refractivity contribution in [1.29, 1.82) is 0 Å². The quantitative estimate of drug-likeness (QED) is 0.439. The number of carbonyl (C=O) groups is 3. The molecule has 0 radical (unpaired) electrons. The highest BCUT2D eigenvalue weighted by Gasteiger charge is 2.53. The summed E-state index contributed by atoms with van der Waals surface area (Å²) in [6, 6.07) is 13.9. The fourth-order valence-corrected chi connectivity index (χ4v) is 6.82. The van der Waals surface area contributed by atoms with Gasteiger partial charge in [0, 0.05) is 56.6 Å². The van der Waals surface area contributed by atoms with E-state index in [1.165, 1.54) is 0 Å². The molecule has 0 unspecified atom stereocenters. The summed E-state index contributed by atoms with van der Waals surface area (Å²) in [5.41, 5.74) is 2.54. The van der Waals surface area contributed by atoms with Gasteiger partial charge in [0.25, 0.3) is 5.91 Å². The van der Waals surface area contributed by atoms with E-state index in [9.17, 15) is 27.6 Å². The lowest BCUT2D eigenvalue weighted by atomic mass is 9.87. The maximum Gasteiger partial charge on any atom is 0.471 e. The first-order valence-corrected chi connectivity index (χ1v) is 15.1. The van der Waals surface area contributed by atoms with Crippen LogP contribution in [-0.2, 0) is 21.4 Å². The minimum atomic E-state index is -4.96. The number of likely N-dealkylation sites (tertiary alicyclic amines) is 2. The van der Waals surface area contributed by atoms with Gasteiger partial charge in [-0.15, -0.1) is 0 Å². The lowest BCUT2D eigenvalue weighted by molar-refractivity contribution is -0.187. The number of fused-ring (bicyclic) bond motifs is 1. The monoisotopic (exact) mass is 606 g/mol. The minimum Gasteiger partial charge on any atom is -0.342 e. The summed E-state index contributed by atoms with van der Waals surface area (Å²) in [6.45, 7) is 1.21. The topological polar surface area (TPSA) is 91.1 Å². The third-order valence-corrected chi connectivity index (χ3v) is 9.53. The molecule has 3 fully saturated rings. The molecule has 1 saturated carbocycles. The fourth-order valence-electron chi connectivity index (χ4n) is 6.82. The second-order valence-corrected chi connectivity index (χ2v) is 12.5. The molecule has 3 aromatic rings. The van der Waals surface area contributed by atoms with Gasteiger partial charge in [-0.1, -0.05) is 30.3 Å². The van der Waals surface area contributed by atoms with E-state index in [0.29, 0.717) is 25.5 Å². The number of aliphatic imine (C=N–C) groups is 1. The lowest BCUT2D eigenvalue weighted by Gasteiger charge is -2.36. The maximum atomic E-state index is 14.1. The van der Waals surface area contributed by atoms with Crippen LogP contribution in [0.3, 0.4) is 0 Å². The first kappa shape index (κ1) is 28.5. The summed E-state index contributed by atoms with van der Waals surface area (Å²) in [7, 11) is 1.89. The second-order valence-electron chi connectivity index (χ2n) is 12.5. The molecule has 7 rings (SSSR count). The van der Waals surface area contributed by atoms with Crippen molar-refractivity contribution in [3.8, 4) is 11.1 Å². The molecular formula is C32H33F3N6O3. The number of rotatable bonds is 5. The van der Waals surface area contributed by atoms with Gasteiger partial charge in [0.2, 0.25) is 5.91 Å². The first-order chi connectivity index (χ1) is 21.0.